The zero-order valence-corrected chi connectivity index (χ0v) is 16.4. The van der Waals surface area contributed by atoms with Crippen molar-refractivity contribution in [3.63, 3.8) is 0 Å². The fraction of sp³-hybridized carbons (Fsp3) is 0.167. The lowest BCUT2D eigenvalue weighted by Crippen LogP contribution is -2.31. The van der Waals surface area contributed by atoms with Crippen LogP contribution in [-0.2, 0) is 11.2 Å². The summed E-state index contributed by atoms with van der Waals surface area (Å²) in [5, 5.41) is 2.86. The molecule has 30 heavy (non-hydrogen) atoms. The highest BCUT2D eigenvalue weighted by Crippen LogP contribution is 2.22. The first-order chi connectivity index (χ1) is 14.6. The van der Waals surface area contributed by atoms with Crippen molar-refractivity contribution >= 4 is 23.4 Å². The van der Waals surface area contributed by atoms with Crippen LogP contribution in [0.3, 0.4) is 0 Å². The zero-order chi connectivity index (χ0) is 20.9. The Morgan fingerprint density at radius 3 is 2.07 bits per heavy atom. The Balaban J connectivity index is 1.25. The first-order valence-corrected chi connectivity index (χ1v) is 9.85. The second-order valence-electron chi connectivity index (χ2n) is 7.19. The Morgan fingerprint density at radius 1 is 0.833 bits per heavy atom. The van der Waals surface area contributed by atoms with E-state index in [2.05, 4.69) is 10.3 Å². The van der Waals surface area contributed by atoms with Gasteiger partial charge in [-0.1, -0.05) is 24.3 Å². The highest BCUT2D eigenvalue weighted by molar-refractivity contribution is 6.21. The largest absolute Gasteiger partial charge is 0.326 e. The minimum absolute atomic E-state index is 0.145. The molecule has 6 heteroatoms. The molecule has 0 unspecified atom stereocenters. The van der Waals surface area contributed by atoms with Crippen LogP contribution in [0.25, 0.3) is 0 Å². The Hall–Kier alpha value is -3.80. The van der Waals surface area contributed by atoms with E-state index in [1.165, 1.54) is 10.5 Å². The number of rotatable bonds is 7. The Labute approximate surface area is 174 Å². The third-order valence-electron chi connectivity index (χ3n) is 5.06. The minimum Gasteiger partial charge on any atom is -0.326 e. The molecule has 0 bridgehead atoms. The van der Waals surface area contributed by atoms with Crippen molar-refractivity contribution in [1.82, 2.24) is 9.88 Å². The van der Waals surface area contributed by atoms with Gasteiger partial charge in [0, 0.05) is 31.0 Å². The SMILES string of the molecule is O=C(CCCN1C(=O)c2ccccc2C1=O)Nc1ccc(Cc2ccncc2)cc1. The lowest BCUT2D eigenvalue weighted by Gasteiger charge is -2.13. The van der Waals surface area contributed by atoms with Gasteiger partial charge in [-0.15, -0.1) is 0 Å². The first-order valence-electron chi connectivity index (χ1n) is 9.85. The number of benzene rings is 2. The summed E-state index contributed by atoms with van der Waals surface area (Å²) < 4.78 is 0. The summed E-state index contributed by atoms with van der Waals surface area (Å²) >= 11 is 0. The zero-order valence-electron chi connectivity index (χ0n) is 16.4. The summed E-state index contributed by atoms with van der Waals surface area (Å²) in [5.74, 6) is -0.727. The molecule has 0 saturated carbocycles. The maximum absolute atomic E-state index is 12.3. The smallest absolute Gasteiger partial charge is 0.261 e. The summed E-state index contributed by atoms with van der Waals surface area (Å²) in [6, 6.07) is 18.4. The van der Waals surface area contributed by atoms with E-state index in [1.54, 1.807) is 36.7 Å². The summed E-state index contributed by atoms with van der Waals surface area (Å²) in [6.45, 7) is 0.227. The number of nitrogens with one attached hydrogen (secondary N) is 1. The van der Waals surface area contributed by atoms with E-state index < -0.39 is 0 Å². The van der Waals surface area contributed by atoms with E-state index in [1.807, 2.05) is 36.4 Å². The van der Waals surface area contributed by atoms with Crippen LogP contribution in [0.2, 0.25) is 0 Å². The average Bonchev–Trinajstić information content (AvgIpc) is 3.01. The third-order valence-corrected chi connectivity index (χ3v) is 5.06. The van der Waals surface area contributed by atoms with E-state index in [9.17, 15) is 14.4 Å². The van der Waals surface area contributed by atoms with E-state index in [0.29, 0.717) is 17.5 Å². The van der Waals surface area contributed by atoms with Gasteiger partial charge in [0.15, 0.2) is 0 Å². The summed E-state index contributed by atoms with van der Waals surface area (Å²) in [6.07, 6.45) is 4.98. The molecule has 150 valence electrons. The number of hydrogen-bond acceptors (Lipinski definition) is 4. The van der Waals surface area contributed by atoms with Crippen molar-refractivity contribution in [2.75, 3.05) is 11.9 Å². The molecule has 1 aliphatic rings. The molecule has 4 rings (SSSR count). The Morgan fingerprint density at radius 2 is 1.43 bits per heavy atom. The second kappa shape index (κ2) is 8.69. The molecule has 0 saturated heterocycles. The van der Waals surface area contributed by atoms with Gasteiger partial charge in [-0.3, -0.25) is 24.3 Å². The second-order valence-corrected chi connectivity index (χ2v) is 7.19. The normalized spacial score (nSPS) is 12.7. The molecule has 0 spiro atoms. The first kappa shape index (κ1) is 19.5. The van der Waals surface area contributed by atoms with E-state index in [0.717, 1.165) is 17.7 Å². The van der Waals surface area contributed by atoms with Crippen LogP contribution in [0.15, 0.2) is 73.1 Å². The number of imide groups is 1. The number of carbonyl (C=O) groups excluding carboxylic acids is 3. The predicted molar refractivity (Wildman–Crippen MR) is 113 cm³/mol. The lowest BCUT2D eigenvalue weighted by molar-refractivity contribution is -0.116. The van der Waals surface area contributed by atoms with Crippen molar-refractivity contribution in [2.24, 2.45) is 0 Å². The fourth-order valence-corrected chi connectivity index (χ4v) is 3.51. The van der Waals surface area contributed by atoms with Gasteiger partial charge in [0.2, 0.25) is 5.91 Å². The van der Waals surface area contributed by atoms with Gasteiger partial charge < -0.3 is 5.32 Å². The van der Waals surface area contributed by atoms with Crippen molar-refractivity contribution in [2.45, 2.75) is 19.3 Å². The average molecular weight is 399 g/mol. The molecular formula is C24H21N3O3. The van der Waals surface area contributed by atoms with Crippen LogP contribution >= 0.6 is 0 Å². The quantitative estimate of drug-likeness (QED) is 0.615. The number of hydrogen-bond donors (Lipinski definition) is 1. The molecule has 3 amide bonds. The summed E-state index contributed by atoms with van der Waals surface area (Å²) in [7, 11) is 0. The van der Waals surface area contributed by atoms with Gasteiger partial charge in [0.1, 0.15) is 0 Å². The van der Waals surface area contributed by atoms with Gasteiger partial charge in [-0.25, -0.2) is 0 Å². The number of fused-ring (bicyclic) bond motifs is 1. The Bertz CT molecular complexity index is 1040. The monoisotopic (exact) mass is 399 g/mol. The maximum atomic E-state index is 12.3. The molecular weight excluding hydrogens is 378 g/mol. The van der Waals surface area contributed by atoms with Crippen LogP contribution in [0.1, 0.15) is 44.7 Å². The number of pyridine rings is 1. The molecule has 1 aliphatic heterocycles. The molecule has 0 atom stereocenters. The highest BCUT2D eigenvalue weighted by atomic mass is 16.2. The van der Waals surface area contributed by atoms with Crippen LogP contribution in [-0.4, -0.2) is 34.2 Å². The topological polar surface area (TPSA) is 79.4 Å². The molecule has 2 aromatic carbocycles. The van der Waals surface area contributed by atoms with E-state index in [4.69, 9.17) is 0 Å². The number of amides is 3. The number of nitrogens with zero attached hydrogens (tertiary/aromatic N) is 2. The van der Waals surface area contributed by atoms with E-state index >= 15 is 0 Å². The van der Waals surface area contributed by atoms with Crippen molar-refractivity contribution in [3.8, 4) is 0 Å². The van der Waals surface area contributed by atoms with Gasteiger partial charge in [-0.05, 0) is 60.4 Å². The van der Waals surface area contributed by atoms with Gasteiger partial charge in [0.25, 0.3) is 11.8 Å². The van der Waals surface area contributed by atoms with Crippen LogP contribution in [0.4, 0.5) is 5.69 Å². The maximum Gasteiger partial charge on any atom is 0.261 e. The molecule has 0 aliphatic carbocycles. The summed E-state index contributed by atoms with van der Waals surface area (Å²) in [5.41, 5.74) is 3.90. The molecule has 1 N–H and O–H groups in total. The van der Waals surface area contributed by atoms with Crippen LogP contribution in [0, 0.1) is 0 Å². The van der Waals surface area contributed by atoms with E-state index in [-0.39, 0.29) is 30.7 Å². The standard InChI is InChI=1S/C24H21N3O3/c28-22(6-3-15-27-23(29)20-4-1-2-5-21(20)24(27)30)26-19-9-7-17(8-10-19)16-18-11-13-25-14-12-18/h1-2,4-5,7-14H,3,6,15-16H2,(H,26,28). The predicted octanol–water partition coefficient (Wildman–Crippen LogP) is 3.69. The van der Waals surface area contributed by atoms with Crippen LogP contribution < -0.4 is 5.32 Å². The van der Waals surface area contributed by atoms with Crippen molar-refractivity contribution in [1.29, 1.82) is 0 Å². The van der Waals surface area contributed by atoms with Gasteiger partial charge >= 0.3 is 0 Å². The van der Waals surface area contributed by atoms with Crippen molar-refractivity contribution < 1.29 is 14.4 Å². The molecule has 0 fully saturated rings. The highest BCUT2D eigenvalue weighted by Gasteiger charge is 2.34. The molecule has 3 aromatic rings. The van der Waals surface area contributed by atoms with Crippen LogP contribution in [0.5, 0.6) is 0 Å². The Kier molecular flexibility index (Phi) is 5.66. The van der Waals surface area contributed by atoms with Crippen molar-refractivity contribution in [3.05, 3.63) is 95.3 Å². The van der Waals surface area contributed by atoms with Gasteiger partial charge in [0.05, 0.1) is 11.1 Å². The van der Waals surface area contributed by atoms with Gasteiger partial charge in [-0.2, -0.15) is 0 Å². The molecule has 0 radical (unpaired) electrons. The number of aromatic nitrogens is 1. The lowest BCUT2D eigenvalue weighted by atomic mass is 10.1. The molecule has 1 aromatic heterocycles. The fourth-order valence-electron chi connectivity index (χ4n) is 3.51. The molecule has 6 nitrogen and oxygen atoms in total. The summed E-state index contributed by atoms with van der Waals surface area (Å²) in [4.78, 5) is 42.1. The third kappa shape index (κ3) is 4.27. The minimum atomic E-state index is -0.291. The number of carbonyl (C=O) groups is 3. The number of anilines is 1. The molecule has 2 heterocycles.